The van der Waals surface area contributed by atoms with Gasteiger partial charge in [-0.25, -0.2) is 15.0 Å². The van der Waals surface area contributed by atoms with Crippen LogP contribution in [-0.4, -0.2) is 40.3 Å². The topological polar surface area (TPSA) is 76.9 Å². The lowest BCUT2D eigenvalue weighted by atomic mass is 9.98. The van der Waals surface area contributed by atoms with Crippen molar-refractivity contribution in [2.24, 2.45) is 5.10 Å². The van der Waals surface area contributed by atoms with E-state index in [-0.39, 0.29) is 18.6 Å². The number of methoxy groups -OCH3 is 1. The van der Waals surface area contributed by atoms with Crippen LogP contribution in [0.4, 0.5) is 0 Å². The molecule has 164 valence electrons. The molecule has 0 fully saturated rings. The van der Waals surface area contributed by atoms with Gasteiger partial charge in [-0.2, -0.15) is 5.10 Å². The van der Waals surface area contributed by atoms with E-state index in [0.29, 0.717) is 12.3 Å². The number of rotatable bonds is 6. The zero-order chi connectivity index (χ0) is 22.6. The minimum absolute atomic E-state index is 0.181. The molecule has 0 saturated carbocycles. The molecule has 1 amide bonds. The SMILES string of the molecule is COc1ccc([C@@H]2CC(c3ccccc3)=NN2C(=O)COc2ncnc3ccccc23)cc1. The molecule has 7 nitrogen and oxygen atoms in total. The van der Waals surface area contributed by atoms with Gasteiger partial charge in [0.05, 0.1) is 29.8 Å². The highest BCUT2D eigenvalue weighted by atomic mass is 16.5. The summed E-state index contributed by atoms with van der Waals surface area (Å²) in [7, 11) is 1.63. The van der Waals surface area contributed by atoms with Crippen molar-refractivity contribution in [1.29, 1.82) is 0 Å². The summed E-state index contributed by atoms with van der Waals surface area (Å²) in [6.45, 7) is -0.181. The molecule has 2 heterocycles. The van der Waals surface area contributed by atoms with E-state index in [1.807, 2.05) is 78.9 Å². The summed E-state index contributed by atoms with van der Waals surface area (Å²) in [6.07, 6.45) is 2.04. The molecule has 0 bridgehead atoms. The molecular weight excluding hydrogens is 416 g/mol. The molecule has 1 aliphatic rings. The van der Waals surface area contributed by atoms with Gasteiger partial charge in [0, 0.05) is 6.42 Å². The van der Waals surface area contributed by atoms with Crippen molar-refractivity contribution in [3.8, 4) is 11.6 Å². The standard InChI is InChI=1S/C26H22N4O3/c1-32-20-13-11-19(12-14-20)24-15-23(18-7-3-2-4-8-18)29-30(24)25(31)16-33-26-21-9-5-6-10-22(21)27-17-28-26/h2-14,17,24H,15-16H2,1H3/t24-/m0/s1. The second-order valence-electron chi connectivity index (χ2n) is 7.63. The maximum atomic E-state index is 13.3. The molecule has 7 heteroatoms. The first-order valence-electron chi connectivity index (χ1n) is 10.6. The predicted molar refractivity (Wildman–Crippen MR) is 125 cm³/mol. The van der Waals surface area contributed by atoms with Crippen LogP contribution in [0, 0.1) is 0 Å². The Morgan fingerprint density at radius 1 is 0.970 bits per heavy atom. The van der Waals surface area contributed by atoms with Gasteiger partial charge in [0.1, 0.15) is 12.1 Å². The Morgan fingerprint density at radius 3 is 2.52 bits per heavy atom. The third-order valence-electron chi connectivity index (χ3n) is 5.61. The number of benzene rings is 3. The van der Waals surface area contributed by atoms with Crippen LogP contribution in [0.25, 0.3) is 10.9 Å². The Kier molecular flexibility index (Phi) is 5.68. The minimum Gasteiger partial charge on any atom is -0.497 e. The first-order valence-corrected chi connectivity index (χ1v) is 10.6. The Balaban J connectivity index is 1.41. The number of fused-ring (bicyclic) bond motifs is 1. The molecule has 0 saturated heterocycles. The third kappa shape index (κ3) is 4.25. The van der Waals surface area contributed by atoms with E-state index in [4.69, 9.17) is 9.47 Å². The Morgan fingerprint density at radius 2 is 1.73 bits per heavy atom. The highest BCUT2D eigenvalue weighted by Gasteiger charge is 2.33. The number of hydrogen-bond donors (Lipinski definition) is 0. The predicted octanol–water partition coefficient (Wildman–Crippen LogP) is 4.40. The maximum absolute atomic E-state index is 13.3. The van der Waals surface area contributed by atoms with E-state index in [0.717, 1.165) is 33.5 Å². The molecule has 1 aliphatic heterocycles. The van der Waals surface area contributed by atoms with E-state index in [2.05, 4.69) is 15.1 Å². The first kappa shape index (κ1) is 20.6. The van der Waals surface area contributed by atoms with Crippen molar-refractivity contribution in [1.82, 2.24) is 15.0 Å². The van der Waals surface area contributed by atoms with Gasteiger partial charge in [0.25, 0.3) is 5.91 Å². The molecule has 1 aromatic heterocycles. The van der Waals surface area contributed by atoms with Crippen LogP contribution >= 0.6 is 0 Å². The van der Waals surface area contributed by atoms with E-state index >= 15 is 0 Å². The molecule has 33 heavy (non-hydrogen) atoms. The van der Waals surface area contributed by atoms with Gasteiger partial charge in [-0.15, -0.1) is 0 Å². The highest BCUT2D eigenvalue weighted by molar-refractivity contribution is 6.03. The summed E-state index contributed by atoms with van der Waals surface area (Å²) in [6, 6.07) is 24.9. The summed E-state index contributed by atoms with van der Waals surface area (Å²) in [5, 5.41) is 6.97. The maximum Gasteiger partial charge on any atom is 0.281 e. The van der Waals surface area contributed by atoms with Gasteiger partial charge >= 0.3 is 0 Å². The zero-order valence-corrected chi connectivity index (χ0v) is 18.1. The summed E-state index contributed by atoms with van der Waals surface area (Å²) >= 11 is 0. The lowest BCUT2D eigenvalue weighted by Gasteiger charge is -2.22. The van der Waals surface area contributed by atoms with E-state index in [1.54, 1.807) is 7.11 Å². The van der Waals surface area contributed by atoms with Crippen LogP contribution < -0.4 is 9.47 Å². The van der Waals surface area contributed by atoms with E-state index < -0.39 is 0 Å². The molecule has 0 unspecified atom stereocenters. The monoisotopic (exact) mass is 438 g/mol. The Hall–Kier alpha value is -4.26. The lowest BCUT2D eigenvalue weighted by molar-refractivity contribution is -0.135. The largest absolute Gasteiger partial charge is 0.497 e. The molecule has 1 atom stereocenters. The third-order valence-corrected chi connectivity index (χ3v) is 5.61. The second kappa shape index (κ2) is 9.08. The van der Waals surface area contributed by atoms with Crippen LogP contribution in [0.1, 0.15) is 23.6 Å². The van der Waals surface area contributed by atoms with Crippen LogP contribution in [0.5, 0.6) is 11.6 Å². The first-order chi connectivity index (χ1) is 16.2. The lowest BCUT2D eigenvalue weighted by Crippen LogP contribution is -2.31. The molecule has 3 aromatic carbocycles. The zero-order valence-electron chi connectivity index (χ0n) is 18.1. The molecule has 0 aliphatic carbocycles. The van der Waals surface area contributed by atoms with Crippen LogP contribution in [-0.2, 0) is 4.79 Å². The number of hydrazone groups is 1. The van der Waals surface area contributed by atoms with Gasteiger partial charge in [-0.3, -0.25) is 4.79 Å². The van der Waals surface area contributed by atoms with Crippen LogP contribution in [0.15, 0.2) is 90.3 Å². The van der Waals surface area contributed by atoms with Gasteiger partial charge in [-0.05, 0) is 35.4 Å². The summed E-state index contributed by atoms with van der Waals surface area (Å²) < 4.78 is 11.1. The van der Waals surface area contributed by atoms with Crippen LogP contribution in [0.2, 0.25) is 0 Å². The fourth-order valence-corrected chi connectivity index (χ4v) is 3.92. The summed E-state index contributed by atoms with van der Waals surface area (Å²) in [4.78, 5) is 21.7. The van der Waals surface area contributed by atoms with E-state index in [1.165, 1.54) is 11.3 Å². The number of ether oxygens (including phenoxy) is 2. The number of amides is 1. The van der Waals surface area contributed by atoms with Crippen molar-refractivity contribution >= 4 is 22.5 Å². The molecular formula is C26H22N4O3. The Labute approximate surface area is 191 Å². The van der Waals surface area contributed by atoms with Gasteiger partial charge in [0.15, 0.2) is 6.61 Å². The number of carbonyl (C=O) groups excluding carboxylic acids is 1. The fraction of sp³-hybridized carbons (Fsp3) is 0.154. The number of nitrogens with zero attached hydrogens (tertiary/aromatic N) is 4. The second-order valence-corrected chi connectivity index (χ2v) is 7.63. The van der Waals surface area contributed by atoms with Crippen molar-refractivity contribution in [2.75, 3.05) is 13.7 Å². The smallest absolute Gasteiger partial charge is 0.281 e. The average molecular weight is 438 g/mol. The average Bonchev–Trinajstić information content (AvgIpc) is 3.33. The molecule has 0 N–H and O–H groups in total. The summed E-state index contributed by atoms with van der Waals surface area (Å²) in [5.74, 6) is 0.892. The molecule has 5 rings (SSSR count). The van der Waals surface area contributed by atoms with Gasteiger partial charge in [-0.1, -0.05) is 54.6 Å². The molecule has 0 spiro atoms. The van der Waals surface area contributed by atoms with E-state index in [9.17, 15) is 4.79 Å². The van der Waals surface area contributed by atoms with Crippen molar-refractivity contribution < 1.29 is 14.3 Å². The minimum atomic E-state index is -0.246. The molecule has 0 radical (unpaired) electrons. The van der Waals surface area contributed by atoms with Crippen LogP contribution in [0.3, 0.4) is 0 Å². The van der Waals surface area contributed by atoms with Crippen molar-refractivity contribution in [3.63, 3.8) is 0 Å². The quantitative estimate of drug-likeness (QED) is 0.446. The van der Waals surface area contributed by atoms with Crippen molar-refractivity contribution in [2.45, 2.75) is 12.5 Å². The molecule has 4 aromatic rings. The Bertz CT molecular complexity index is 1300. The number of aromatic nitrogens is 2. The number of para-hydroxylation sites is 1. The highest BCUT2D eigenvalue weighted by Crippen LogP contribution is 2.33. The summed E-state index contributed by atoms with van der Waals surface area (Å²) in [5.41, 5.74) is 3.59. The number of hydrogen-bond acceptors (Lipinski definition) is 6. The normalized spacial score (nSPS) is 15.4. The van der Waals surface area contributed by atoms with Crippen molar-refractivity contribution in [3.05, 3.63) is 96.3 Å². The van der Waals surface area contributed by atoms with Gasteiger partial charge in [0.2, 0.25) is 5.88 Å². The van der Waals surface area contributed by atoms with Gasteiger partial charge < -0.3 is 9.47 Å². The fourth-order valence-electron chi connectivity index (χ4n) is 3.92. The number of carbonyl (C=O) groups is 1.